The second-order valence-corrected chi connectivity index (χ2v) is 7.71. The van der Waals surface area contributed by atoms with Crippen LogP contribution in [0, 0.1) is 6.92 Å². The Balaban J connectivity index is 1.57. The lowest BCUT2D eigenvalue weighted by molar-refractivity contribution is -0.153. The van der Waals surface area contributed by atoms with Crippen molar-refractivity contribution >= 4 is 35.2 Å². The maximum atomic E-state index is 13.1. The highest BCUT2D eigenvalue weighted by Gasteiger charge is 2.39. The van der Waals surface area contributed by atoms with Crippen LogP contribution in [0.5, 0.6) is 0 Å². The number of imide groups is 2. The summed E-state index contributed by atoms with van der Waals surface area (Å²) in [7, 11) is 0. The molecule has 2 aliphatic rings. The summed E-state index contributed by atoms with van der Waals surface area (Å²) in [6, 6.07) is 10.7. The number of carbonyl (C=O) groups excluding carboxylic acids is 4. The molecule has 4 amide bonds. The summed E-state index contributed by atoms with van der Waals surface area (Å²) in [5.41, 5.74) is 6.84. The van der Waals surface area contributed by atoms with Gasteiger partial charge in [-0.2, -0.15) is 0 Å². The molecule has 8 heteroatoms. The third-order valence-electron chi connectivity index (χ3n) is 5.57. The number of aryl methyl sites for hydroxylation is 1. The van der Waals surface area contributed by atoms with E-state index in [9.17, 15) is 19.2 Å². The molecular formula is C22H20ClN3O4. The number of hydrazine groups is 1. The molecular weight excluding hydrogens is 406 g/mol. The van der Waals surface area contributed by atoms with Crippen LogP contribution in [0.2, 0.25) is 0 Å². The molecule has 2 aromatic carbocycles. The minimum absolute atomic E-state index is 0.160. The molecule has 7 nitrogen and oxygen atoms in total. The fourth-order valence-corrected chi connectivity index (χ4v) is 4.14. The minimum Gasteiger partial charge on any atom is -0.288 e. The third-order valence-corrected chi connectivity index (χ3v) is 5.88. The van der Waals surface area contributed by atoms with Crippen LogP contribution in [0.25, 0.3) is 0 Å². The van der Waals surface area contributed by atoms with Crippen molar-refractivity contribution in [1.29, 1.82) is 0 Å². The van der Waals surface area contributed by atoms with E-state index in [-0.39, 0.29) is 29.9 Å². The Morgan fingerprint density at radius 3 is 2.67 bits per heavy atom. The largest absolute Gasteiger partial charge is 0.288 e. The van der Waals surface area contributed by atoms with E-state index in [1.165, 1.54) is 0 Å². The van der Waals surface area contributed by atoms with Crippen molar-refractivity contribution in [3.05, 3.63) is 69.8 Å². The van der Waals surface area contributed by atoms with Crippen molar-refractivity contribution in [3.63, 3.8) is 0 Å². The Labute approximate surface area is 178 Å². The Kier molecular flexibility index (Phi) is 5.40. The van der Waals surface area contributed by atoms with Gasteiger partial charge >= 0.3 is 0 Å². The predicted molar refractivity (Wildman–Crippen MR) is 110 cm³/mol. The Morgan fingerprint density at radius 2 is 1.93 bits per heavy atom. The van der Waals surface area contributed by atoms with Crippen LogP contribution >= 0.6 is 11.6 Å². The van der Waals surface area contributed by atoms with E-state index in [1.807, 2.05) is 25.1 Å². The zero-order valence-electron chi connectivity index (χ0n) is 16.3. The molecule has 2 heterocycles. The number of benzene rings is 2. The number of fused-ring (bicyclic) bond motifs is 1. The van der Waals surface area contributed by atoms with Gasteiger partial charge in [0.1, 0.15) is 0 Å². The first-order valence-corrected chi connectivity index (χ1v) is 10.2. The first-order chi connectivity index (χ1) is 14.4. The summed E-state index contributed by atoms with van der Waals surface area (Å²) in [4.78, 5) is 49.8. The fourth-order valence-electron chi connectivity index (χ4n) is 3.98. The van der Waals surface area contributed by atoms with Crippen molar-refractivity contribution in [2.45, 2.75) is 38.1 Å². The molecule has 0 bridgehead atoms. The van der Waals surface area contributed by atoms with Crippen LogP contribution in [-0.2, 0) is 22.0 Å². The predicted octanol–water partition coefficient (Wildman–Crippen LogP) is 2.55. The van der Waals surface area contributed by atoms with Gasteiger partial charge in [-0.3, -0.25) is 24.5 Å². The summed E-state index contributed by atoms with van der Waals surface area (Å²) in [6.45, 7) is 2.24. The summed E-state index contributed by atoms with van der Waals surface area (Å²) in [6.07, 6.45) is 0.448. The highest BCUT2D eigenvalue weighted by molar-refractivity contribution is 6.22. The molecule has 0 saturated carbocycles. The lowest BCUT2D eigenvalue weighted by Crippen LogP contribution is -2.51. The Hall–Kier alpha value is -3.03. The second kappa shape index (κ2) is 8.01. The highest BCUT2D eigenvalue weighted by atomic mass is 35.5. The molecule has 4 rings (SSSR count). The normalized spacial score (nSPS) is 18.6. The van der Waals surface area contributed by atoms with Crippen LogP contribution < -0.4 is 10.7 Å². The molecule has 0 radical (unpaired) electrons. The van der Waals surface area contributed by atoms with Gasteiger partial charge < -0.3 is 0 Å². The van der Waals surface area contributed by atoms with E-state index in [2.05, 4.69) is 10.7 Å². The molecule has 2 aromatic rings. The zero-order valence-corrected chi connectivity index (χ0v) is 17.1. The average molecular weight is 426 g/mol. The van der Waals surface area contributed by atoms with Gasteiger partial charge in [0.2, 0.25) is 5.91 Å². The third kappa shape index (κ3) is 3.51. The number of nitrogens with zero attached hydrogens (tertiary/aromatic N) is 1. The smallest absolute Gasteiger partial charge is 0.259 e. The van der Waals surface area contributed by atoms with Gasteiger partial charge in [0, 0.05) is 18.8 Å². The van der Waals surface area contributed by atoms with Crippen LogP contribution in [0.3, 0.4) is 0 Å². The van der Waals surface area contributed by atoms with Gasteiger partial charge in [0.05, 0.1) is 17.0 Å². The van der Waals surface area contributed by atoms with Crippen LogP contribution in [0.4, 0.5) is 0 Å². The second-order valence-electron chi connectivity index (χ2n) is 7.44. The van der Waals surface area contributed by atoms with E-state index in [4.69, 9.17) is 11.6 Å². The minimum atomic E-state index is -0.679. The molecule has 0 aromatic heterocycles. The SMILES string of the molecule is Cc1cc(CCl)ccc1CNN1C(=O)CCC(c2cccc3c2C(=O)NC3=O)C1=O. The molecule has 0 spiro atoms. The molecule has 154 valence electrons. The molecule has 1 fully saturated rings. The number of nitrogens with one attached hydrogen (secondary N) is 2. The fraction of sp³-hybridized carbons (Fsp3) is 0.273. The van der Waals surface area contributed by atoms with E-state index in [1.54, 1.807) is 18.2 Å². The summed E-state index contributed by atoms with van der Waals surface area (Å²) in [5, 5.41) is 3.30. The zero-order chi connectivity index (χ0) is 21.4. The number of amides is 4. The van der Waals surface area contributed by atoms with E-state index in [0.717, 1.165) is 21.7 Å². The lowest BCUT2D eigenvalue weighted by Gasteiger charge is -2.31. The first kappa shape index (κ1) is 20.3. The van der Waals surface area contributed by atoms with Gasteiger partial charge in [-0.15, -0.1) is 11.6 Å². The number of alkyl halides is 1. The number of hydrogen-bond donors (Lipinski definition) is 2. The average Bonchev–Trinajstić information content (AvgIpc) is 3.03. The van der Waals surface area contributed by atoms with Gasteiger partial charge in [-0.05, 0) is 41.7 Å². The quantitative estimate of drug-likeness (QED) is 0.567. The molecule has 1 saturated heterocycles. The molecule has 1 atom stereocenters. The number of hydrogen-bond acceptors (Lipinski definition) is 5. The van der Waals surface area contributed by atoms with Gasteiger partial charge in [-0.25, -0.2) is 10.4 Å². The first-order valence-electron chi connectivity index (χ1n) is 9.64. The lowest BCUT2D eigenvalue weighted by atomic mass is 9.86. The maximum absolute atomic E-state index is 13.1. The topological polar surface area (TPSA) is 95.6 Å². The van der Waals surface area contributed by atoms with Gasteiger partial charge in [0.25, 0.3) is 17.7 Å². The van der Waals surface area contributed by atoms with E-state index < -0.39 is 23.6 Å². The number of rotatable bonds is 5. The molecule has 1 unspecified atom stereocenters. The Morgan fingerprint density at radius 1 is 1.13 bits per heavy atom. The van der Waals surface area contributed by atoms with Crippen LogP contribution in [-0.4, -0.2) is 28.6 Å². The van der Waals surface area contributed by atoms with Crippen molar-refractivity contribution in [3.8, 4) is 0 Å². The summed E-state index contributed by atoms with van der Waals surface area (Å²) in [5.74, 6) is -1.99. The van der Waals surface area contributed by atoms with Crippen molar-refractivity contribution in [2.24, 2.45) is 0 Å². The highest BCUT2D eigenvalue weighted by Crippen LogP contribution is 2.33. The molecule has 30 heavy (non-hydrogen) atoms. The summed E-state index contributed by atoms with van der Waals surface area (Å²) >= 11 is 5.86. The van der Waals surface area contributed by atoms with E-state index >= 15 is 0 Å². The van der Waals surface area contributed by atoms with Crippen LogP contribution in [0.1, 0.15) is 61.7 Å². The van der Waals surface area contributed by atoms with Crippen molar-refractivity contribution in [2.75, 3.05) is 0 Å². The van der Waals surface area contributed by atoms with Crippen molar-refractivity contribution in [1.82, 2.24) is 15.8 Å². The van der Waals surface area contributed by atoms with E-state index in [0.29, 0.717) is 18.0 Å². The van der Waals surface area contributed by atoms with Gasteiger partial charge in [-0.1, -0.05) is 30.3 Å². The standard InChI is InChI=1S/C22H20ClN3O4/c1-12-9-13(10-23)5-6-14(12)11-24-26-18(27)8-7-16(22(26)30)15-3-2-4-17-19(15)21(29)25-20(17)28/h2-6,9,16,24H,7-8,10-11H2,1H3,(H,25,28,29). The molecule has 2 aliphatic heterocycles. The number of halogens is 1. The number of piperidine rings is 1. The monoisotopic (exact) mass is 425 g/mol. The Bertz CT molecular complexity index is 1080. The number of carbonyl (C=O) groups is 4. The van der Waals surface area contributed by atoms with Gasteiger partial charge in [0.15, 0.2) is 0 Å². The summed E-state index contributed by atoms with van der Waals surface area (Å²) < 4.78 is 0. The maximum Gasteiger partial charge on any atom is 0.259 e. The molecule has 0 aliphatic carbocycles. The van der Waals surface area contributed by atoms with Crippen LogP contribution in [0.15, 0.2) is 36.4 Å². The molecule has 2 N–H and O–H groups in total. The van der Waals surface area contributed by atoms with Crippen molar-refractivity contribution < 1.29 is 19.2 Å².